The van der Waals surface area contributed by atoms with Crippen molar-refractivity contribution in [1.82, 2.24) is 5.32 Å². The van der Waals surface area contributed by atoms with Gasteiger partial charge in [-0.3, -0.25) is 10.1 Å². The van der Waals surface area contributed by atoms with Crippen molar-refractivity contribution in [2.24, 2.45) is 5.92 Å². The largest absolute Gasteiger partial charge is 0.381 e. The summed E-state index contributed by atoms with van der Waals surface area (Å²) in [7, 11) is 0. The number of nitro groups is 1. The Balaban J connectivity index is 2.02. The number of nitrogens with one attached hydrogen (secondary N) is 1. The van der Waals surface area contributed by atoms with Crippen molar-refractivity contribution in [2.45, 2.75) is 32.2 Å². The van der Waals surface area contributed by atoms with Crippen molar-refractivity contribution in [3.8, 4) is 0 Å². The van der Waals surface area contributed by atoms with Crippen molar-refractivity contribution in [3.63, 3.8) is 0 Å². The standard InChI is InChI=1S/C15H22N2O3/c1-2-4-15(16-10-12-7-8-20-11-12)13-5-3-6-14(9-13)17(18)19/h3,5-6,9,12,15-16H,2,4,7-8,10-11H2,1H3. The summed E-state index contributed by atoms with van der Waals surface area (Å²) < 4.78 is 5.38. The van der Waals surface area contributed by atoms with Gasteiger partial charge in [0.05, 0.1) is 11.5 Å². The van der Waals surface area contributed by atoms with Gasteiger partial charge in [0.1, 0.15) is 0 Å². The first kappa shape index (κ1) is 14.9. The Kier molecular flexibility index (Phi) is 5.49. The molecule has 1 aromatic rings. The molecule has 0 amide bonds. The average molecular weight is 278 g/mol. The van der Waals surface area contributed by atoms with E-state index in [1.165, 1.54) is 6.07 Å². The van der Waals surface area contributed by atoms with E-state index in [0.29, 0.717) is 5.92 Å². The molecule has 5 heteroatoms. The van der Waals surface area contributed by atoms with Gasteiger partial charge in [0.25, 0.3) is 5.69 Å². The number of hydrogen-bond donors (Lipinski definition) is 1. The molecule has 0 saturated carbocycles. The van der Waals surface area contributed by atoms with Crippen LogP contribution in [0.4, 0.5) is 5.69 Å². The molecule has 1 aliphatic rings. The smallest absolute Gasteiger partial charge is 0.269 e. The van der Waals surface area contributed by atoms with Crippen molar-refractivity contribution in [1.29, 1.82) is 0 Å². The Morgan fingerprint density at radius 3 is 3.05 bits per heavy atom. The Labute approximate surface area is 119 Å². The highest BCUT2D eigenvalue weighted by atomic mass is 16.6. The summed E-state index contributed by atoms with van der Waals surface area (Å²) in [4.78, 5) is 10.5. The molecule has 0 spiro atoms. The van der Waals surface area contributed by atoms with E-state index in [4.69, 9.17) is 4.74 Å². The van der Waals surface area contributed by atoms with Gasteiger partial charge in [-0.2, -0.15) is 0 Å². The average Bonchev–Trinajstić information content (AvgIpc) is 2.97. The van der Waals surface area contributed by atoms with Gasteiger partial charge in [-0.05, 0) is 24.3 Å². The van der Waals surface area contributed by atoms with Crippen LogP contribution >= 0.6 is 0 Å². The van der Waals surface area contributed by atoms with E-state index in [1.807, 2.05) is 6.07 Å². The molecule has 0 bridgehead atoms. The fourth-order valence-corrected chi connectivity index (χ4v) is 2.58. The van der Waals surface area contributed by atoms with Crippen LogP contribution in [-0.4, -0.2) is 24.7 Å². The lowest BCUT2D eigenvalue weighted by Gasteiger charge is -2.20. The zero-order valence-electron chi connectivity index (χ0n) is 11.9. The van der Waals surface area contributed by atoms with Crippen LogP contribution in [-0.2, 0) is 4.74 Å². The van der Waals surface area contributed by atoms with Crippen molar-refractivity contribution < 1.29 is 9.66 Å². The molecular formula is C15H22N2O3. The fourth-order valence-electron chi connectivity index (χ4n) is 2.58. The maximum atomic E-state index is 10.9. The topological polar surface area (TPSA) is 64.4 Å². The number of nitro benzene ring substituents is 1. The Morgan fingerprint density at radius 1 is 1.55 bits per heavy atom. The zero-order chi connectivity index (χ0) is 14.4. The molecule has 0 aliphatic carbocycles. The maximum absolute atomic E-state index is 10.9. The molecule has 5 nitrogen and oxygen atoms in total. The Bertz CT molecular complexity index is 444. The molecule has 0 aromatic heterocycles. The fraction of sp³-hybridized carbons (Fsp3) is 0.600. The predicted octanol–water partition coefficient (Wildman–Crippen LogP) is 3.06. The summed E-state index contributed by atoms with van der Waals surface area (Å²) in [5.41, 5.74) is 1.16. The SMILES string of the molecule is CCCC(NCC1CCOC1)c1cccc([N+](=O)[O-])c1. The van der Waals surface area contributed by atoms with Crippen LogP contribution in [0, 0.1) is 16.0 Å². The third-order valence-corrected chi connectivity index (χ3v) is 3.74. The second kappa shape index (κ2) is 7.36. The summed E-state index contributed by atoms with van der Waals surface area (Å²) in [5.74, 6) is 0.563. The van der Waals surface area contributed by atoms with E-state index >= 15 is 0 Å². The van der Waals surface area contributed by atoms with Crippen LogP contribution < -0.4 is 5.32 Å². The summed E-state index contributed by atoms with van der Waals surface area (Å²) >= 11 is 0. The van der Waals surface area contributed by atoms with E-state index in [-0.39, 0.29) is 16.7 Å². The molecule has 1 aliphatic heterocycles. The van der Waals surface area contributed by atoms with Crippen molar-refractivity contribution in [2.75, 3.05) is 19.8 Å². The molecule has 0 radical (unpaired) electrons. The van der Waals surface area contributed by atoms with Gasteiger partial charge in [-0.25, -0.2) is 0 Å². The van der Waals surface area contributed by atoms with Gasteiger partial charge in [0, 0.05) is 31.3 Å². The number of non-ortho nitro benzene ring substituents is 1. The summed E-state index contributed by atoms with van der Waals surface area (Å²) in [6, 6.07) is 7.12. The van der Waals surface area contributed by atoms with E-state index in [1.54, 1.807) is 12.1 Å². The van der Waals surface area contributed by atoms with Crippen molar-refractivity contribution >= 4 is 5.69 Å². The van der Waals surface area contributed by atoms with E-state index in [9.17, 15) is 10.1 Å². The molecule has 20 heavy (non-hydrogen) atoms. The maximum Gasteiger partial charge on any atom is 0.269 e. The first-order valence-electron chi connectivity index (χ1n) is 7.26. The van der Waals surface area contributed by atoms with Crippen LogP contribution in [0.5, 0.6) is 0 Å². The first-order valence-corrected chi connectivity index (χ1v) is 7.26. The second-order valence-electron chi connectivity index (χ2n) is 5.33. The predicted molar refractivity (Wildman–Crippen MR) is 77.7 cm³/mol. The third-order valence-electron chi connectivity index (χ3n) is 3.74. The van der Waals surface area contributed by atoms with Gasteiger partial charge >= 0.3 is 0 Å². The molecule has 1 saturated heterocycles. The van der Waals surface area contributed by atoms with E-state index in [2.05, 4.69) is 12.2 Å². The van der Waals surface area contributed by atoms with E-state index < -0.39 is 0 Å². The van der Waals surface area contributed by atoms with Crippen LogP contribution in [0.15, 0.2) is 24.3 Å². The number of ether oxygens (including phenoxy) is 1. The lowest BCUT2D eigenvalue weighted by Crippen LogP contribution is -2.27. The molecule has 2 rings (SSSR count). The molecule has 1 aromatic carbocycles. The normalized spacial score (nSPS) is 19.9. The highest BCUT2D eigenvalue weighted by Gasteiger charge is 2.19. The second-order valence-corrected chi connectivity index (χ2v) is 5.33. The molecule has 1 fully saturated rings. The third kappa shape index (κ3) is 4.02. The minimum atomic E-state index is -0.336. The molecular weight excluding hydrogens is 256 g/mol. The van der Waals surface area contributed by atoms with Crippen molar-refractivity contribution in [3.05, 3.63) is 39.9 Å². The molecule has 2 atom stereocenters. The van der Waals surface area contributed by atoms with Crippen LogP contribution in [0.25, 0.3) is 0 Å². The number of hydrogen-bond acceptors (Lipinski definition) is 4. The Hall–Kier alpha value is -1.46. The van der Waals surface area contributed by atoms with Gasteiger partial charge in [-0.1, -0.05) is 25.5 Å². The minimum Gasteiger partial charge on any atom is -0.381 e. The first-order chi connectivity index (χ1) is 9.70. The summed E-state index contributed by atoms with van der Waals surface area (Å²) in [6.45, 7) is 4.71. The van der Waals surface area contributed by atoms with Crippen LogP contribution in [0.2, 0.25) is 0 Å². The van der Waals surface area contributed by atoms with Crippen LogP contribution in [0.3, 0.4) is 0 Å². The molecule has 110 valence electrons. The molecule has 2 unspecified atom stereocenters. The monoisotopic (exact) mass is 278 g/mol. The number of nitrogens with zero attached hydrogens (tertiary/aromatic N) is 1. The van der Waals surface area contributed by atoms with Gasteiger partial charge in [0.2, 0.25) is 0 Å². The quantitative estimate of drug-likeness (QED) is 0.615. The Morgan fingerprint density at radius 2 is 2.40 bits per heavy atom. The summed E-state index contributed by atoms with van der Waals surface area (Å²) in [5, 5.41) is 14.4. The summed E-state index contributed by atoms with van der Waals surface area (Å²) in [6.07, 6.45) is 3.12. The van der Waals surface area contributed by atoms with Gasteiger partial charge in [0.15, 0.2) is 0 Å². The number of rotatable bonds is 7. The molecule has 1 N–H and O–H groups in total. The van der Waals surface area contributed by atoms with E-state index in [0.717, 1.165) is 44.6 Å². The number of benzene rings is 1. The zero-order valence-corrected chi connectivity index (χ0v) is 11.9. The van der Waals surface area contributed by atoms with Gasteiger partial charge in [-0.15, -0.1) is 0 Å². The molecule has 1 heterocycles. The lowest BCUT2D eigenvalue weighted by atomic mass is 10.0. The highest BCUT2D eigenvalue weighted by molar-refractivity contribution is 5.35. The van der Waals surface area contributed by atoms with Crippen LogP contribution in [0.1, 0.15) is 37.8 Å². The lowest BCUT2D eigenvalue weighted by molar-refractivity contribution is -0.384. The highest BCUT2D eigenvalue weighted by Crippen LogP contribution is 2.23. The van der Waals surface area contributed by atoms with Gasteiger partial charge < -0.3 is 10.1 Å². The minimum absolute atomic E-state index is 0.162.